The van der Waals surface area contributed by atoms with Gasteiger partial charge in [0, 0.05) is 36.8 Å². The molecule has 0 aliphatic carbocycles. The van der Waals surface area contributed by atoms with Gasteiger partial charge in [-0.25, -0.2) is 0 Å². The van der Waals surface area contributed by atoms with Crippen LogP contribution in [-0.2, 0) is 11.2 Å². The van der Waals surface area contributed by atoms with Gasteiger partial charge in [0.1, 0.15) is 0 Å². The number of carbonyl (C=O) groups excluding carboxylic acids is 3. The molecule has 2 heterocycles. The van der Waals surface area contributed by atoms with E-state index in [4.69, 9.17) is 9.47 Å². The van der Waals surface area contributed by atoms with E-state index in [-0.39, 0.29) is 37.4 Å². The summed E-state index contributed by atoms with van der Waals surface area (Å²) < 4.78 is 10.5. The molecular weight excluding hydrogens is 348 g/mol. The summed E-state index contributed by atoms with van der Waals surface area (Å²) in [6.45, 7) is 0.374. The Morgan fingerprint density at radius 2 is 1.85 bits per heavy atom. The molecule has 2 aliphatic heterocycles. The van der Waals surface area contributed by atoms with Crippen molar-refractivity contribution < 1.29 is 23.9 Å². The lowest BCUT2D eigenvalue weighted by Crippen LogP contribution is -2.26. The van der Waals surface area contributed by atoms with Crippen molar-refractivity contribution in [2.24, 2.45) is 0 Å². The van der Waals surface area contributed by atoms with E-state index in [2.05, 4.69) is 5.32 Å². The van der Waals surface area contributed by atoms with Gasteiger partial charge >= 0.3 is 0 Å². The van der Waals surface area contributed by atoms with Crippen LogP contribution in [0, 0.1) is 0 Å². The number of likely N-dealkylation sites (N-methyl/N-ethyl adjacent to an activating group) is 1. The minimum absolute atomic E-state index is 0.0191. The normalized spacial score (nSPS) is 14.3. The zero-order chi connectivity index (χ0) is 19.0. The van der Waals surface area contributed by atoms with E-state index in [0.717, 1.165) is 11.3 Å². The first kappa shape index (κ1) is 17.1. The Balaban J connectivity index is 1.34. The molecule has 2 amide bonds. The molecule has 0 atom stereocenters. The minimum atomic E-state index is -0.276. The van der Waals surface area contributed by atoms with Gasteiger partial charge in [0.05, 0.1) is 6.42 Å². The van der Waals surface area contributed by atoms with Gasteiger partial charge in [0.25, 0.3) is 5.91 Å². The van der Waals surface area contributed by atoms with Crippen LogP contribution < -0.4 is 19.7 Å². The Hall–Kier alpha value is -3.35. The van der Waals surface area contributed by atoms with Gasteiger partial charge in [-0.1, -0.05) is 0 Å². The molecule has 0 bridgehead atoms. The standard InChI is InChI=1S/C20H18N2O5/c1-22-15-4-2-12(8-14(15)10-19(22)24)16(23)6-7-21-20(25)13-3-5-17-18(9-13)27-11-26-17/h2-5,8-9H,6-7,10-11H2,1H3,(H,21,25). The molecule has 4 rings (SSSR count). The Labute approximate surface area is 155 Å². The van der Waals surface area contributed by atoms with Gasteiger partial charge < -0.3 is 19.7 Å². The second-order valence-corrected chi connectivity index (χ2v) is 6.47. The third-order valence-corrected chi connectivity index (χ3v) is 4.75. The molecule has 0 radical (unpaired) electrons. The second kappa shape index (κ2) is 6.75. The Morgan fingerprint density at radius 1 is 1.07 bits per heavy atom. The number of carbonyl (C=O) groups is 3. The average Bonchev–Trinajstić information content (AvgIpc) is 3.25. The number of hydrogen-bond donors (Lipinski definition) is 1. The summed E-state index contributed by atoms with van der Waals surface area (Å²) >= 11 is 0. The number of rotatable bonds is 5. The third-order valence-electron chi connectivity index (χ3n) is 4.75. The number of ether oxygens (including phenoxy) is 2. The lowest BCUT2D eigenvalue weighted by molar-refractivity contribution is -0.117. The quantitative estimate of drug-likeness (QED) is 0.818. The smallest absolute Gasteiger partial charge is 0.251 e. The molecule has 7 heteroatoms. The molecule has 0 unspecified atom stereocenters. The molecule has 2 aromatic carbocycles. The van der Waals surface area contributed by atoms with Crippen molar-refractivity contribution in [1.29, 1.82) is 0 Å². The molecule has 2 aliphatic rings. The highest BCUT2D eigenvalue weighted by Crippen LogP contribution is 2.32. The van der Waals surface area contributed by atoms with E-state index >= 15 is 0 Å². The molecule has 0 saturated carbocycles. The maximum absolute atomic E-state index is 12.4. The maximum atomic E-state index is 12.4. The van der Waals surface area contributed by atoms with Crippen LogP contribution in [0.15, 0.2) is 36.4 Å². The Morgan fingerprint density at radius 3 is 2.70 bits per heavy atom. The highest BCUT2D eigenvalue weighted by atomic mass is 16.7. The van der Waals surface area contributed by atoms with E-state index < -0.39 is 0 Å². The predicted octanol–water partition coefficient (Wildman–Crippen LogP) is 1.94. The average molecular weight is 366 g/mol. The first-order valence-corrected chi connectivity index (χ1v) is 8.63. The highest BCUT2D eigenvalue weighted by molar-refractivity contribution is 6.03. The van der Waals surface area contributed by atoms with Gasteiger partial charge in [0.15, 0.2) is 17.3 Å². The molecule has 0 saturated heterocycles. The number of nitrogens with one attached hydrogen (secondary N) is 1. The van der Waals surface area contributed by atoms with Crippen LogP contribution >= 0.6 is 0 Å². The van der Waals surface area contributed by atoms with Gasteiger partial charge in [-0.2, -0.15) is 0 Å². The number of Topliss-reactive ketones (excluding diaryl/α,β-unsaturated/α-hetero) is 1. The maximum Gasteiger partial charge on any atom is 0.251 e. The molecule has 1 N–H and O–H groups in total. The second-order valence-electron chi connectivity index (χ2n) is 6.47. The summed E-state index contributed by atoms with van der Waals surface area (Å²) in [6.07, 6.45) is 0.493. The topological polar surface area (TPSA) is 84.9 Å². The lowest BCUT2D eigenvalue weighted by Gasteiger charge is -2.10. The molecule has 0 aromatic heterocycles. The van der Waals surface area contributed by atoms with Gasteiger partial charge in [-0.3, -0.25) is 14.4 Å². The highest BCUT2D eigenvalue weighted by Gasteiger charge is 2.24. The van der Waals surface area contributed by atoms with E-state index in [1.807, 2.05) is 0 Å². The first-order chi connectivity index (χ1) is 13.0. The van der Waals surface area contributed by atoms with Gasteiger partial charge in [-0.15, -0.1) is 0 Å². The molecule has 7 nitrogen and oxygen atoms in total. The van der Waals surface area contributed by atoms with Crippen LogP contribution in [0.4, 0.5) is 5.69 Å². The van der Waals surface area contributed by atoms with E-state index in [1.165, 1.54) is 0 Å². The Kier molecular flexibility index (Phi) is 4.27. The first-order valence-electron chi connectivity index (χ1n) is 8.63. The van der Waals surface area contributed by atoms with Crippen molar-refractivity contribution in [3.63, 3.8) is 0 Å². The van der Waals surface area contributed by atoms with E-state index in [9.17, 15) is 14.4 Å². The summed E-state index contributed by atoms with van der Waals surface area (Å²) in [4.78, 5) is 38.0. The van der Waals surface area contributed by atoms with Crippen LogP contribution in [0.1, 0.15) is 32.7 Å². The van der Waals surface area contributed by atoms with Gasteiger partial charge in [-0.05, 0) is 42.0 Å². The van der Waals surface area contributed by atoms with Gasteiger partial charge in [0.2, 0.25) is 12.7 Å². The minimum Gasteiger partial charge on any atom is -0.454 e. The number of fused-ring (bicyclic) bond motifs is 2. The summed E-state index contributed by atoms with van der Waals surface area (Å²) in [6, 6.07) is 10.2. The van der Waals surface area contributed by atoms with Crippen LogP contribution in [0.25, 0.3) is 0 Å². The lowest BCUT2D eigenvalue weighted by atomic mass is 10.0. The van der Waals surface area contributed by atoms with E-state index in [1.54, 1.807) is 48.3 Å². The summed E-state index contributed by atoms with van der Waals surface area (Å²) in [5, 5.41) is 2.74. The molecule has 2 aromatic rings. The van der Waals surface area contributed by atoms with Crippen molar-refractivity contribution in [2.75, 3.05) is 25.3 Å². The fourth-order valence-corrected chi connectivity index (χ4v) is 3.22. The van der Waals surface area contributed by atoms with Crippen molar-refractivity contribution in [3.05, 3.63) is 53.1 Å². The number of anilines is 1. The molecule has 27 heavy (non-hydrogen) atoms. The summed E-state index contributed by atoms with van der Waals surface area (Å²) in [5.74, 6) is 0.817. The molecule has 0 spiro atoms. The van der Waals surface area contributed by atoms with Crippen molar-refractivity contribution in [3.8, 4) is 11.5 Å². The SMILES string of the molecule is CN1C(=O)Cc2cc(C(=O)CCNC(=O)c3ccc4c(c3)OCO4)ccc21. The predicted molar refractivity (Wildman–Crippen MR) is 97.4 cm³/mol. The summed E-state index contributed by atoms with van der Waals surface area (Å²) in [7, 11) is 1.72. The largest absolute Gasteiger partial charge is 0.454 e. The van der Waals surface area contributed by atoms with Crippen LogP contribution in [0.2, 0.25) is 0 Å². The number of ketones is 1. The molecular formula is C20H18N2O5. The van der Waals surface area contributed by atoms with Crippen LogP contribution in [0.5, 0.6) is 11.5 Å². The Bertz CT molecular complexity index is 953. The van der Waals surface area contributed by atoms with Crippen LogP contribution in [0.3, 0.4) is 0 Å². The zero-order valence-corrected chi connectivity index (χ0v) is 14.8. The van der Waals surface area contributed by atoms with Crippen molar-refractivity contribution >= 4 is 23.3 Å². The monoisotopic (exact) mass is 366 g/mol. The summed E-state index contributed by atoms with van der Waals surface area (Å²) in [5.41, 5.74) is 2.70. The number of benzene rings is 2. The zero-order valence-electron chi connectivity index (χ0n) is 14.8. The fraction of sp³-hybridized carbons (Fsp3) is 0.250. The van der Waals surface area contributed by atoms with E-state index in [0.29, 0.717) is 29.0 Å². The van der Waals surface area contributed by atoms with Crippen LogP contribution in [-0.4, -0.2) is 38.0 Å². The number of nitrogens with zero attached hydrogens (tertiary/aromatic N) is 1. The number of hydrogen-bond acceptors (Lipinski definition) is 5. The molecule has 0 fully saturated rings. The third kappa shape index (κ3) is 3.23. The molecule has 138 valence electrons. The number of amides is 2. The van der Waals surface area contributed by atoms with Crippen molar-refractivity contribution in [2.45, 2.75) is 12.8 Å². The van der Waals surface area contributed by atoms with Crippen molar-refractivity contribution in [1.82, 2.24) is 5.32 Å². The fourth-order valence-electron chi connectivity index (χ4n) is 3.22.